The van der Waals surface area contributed by atoms with E-state index >= 15 is 0 Å². The highest BCUT2D eigenvalue weighted by Crippen LogP contribution is 2.19. The molecule has 0 saturated heterocycles. The molecular formula is C12H22N4O2S2. The van der Waals surface area contributed by atoms with E-state index in [0.717, 1.165) is 13.1 Å². The maximum Gasteiger partial charge on any atom is 0.252 e. The van der Waals surface area contributed by atoms with Crippen LogP contribution in [0.15, 0.2) is 26.7 Å². The molecule has 0 spiro atoms. The molecule has 1 heterocycles. The fourth-order valence-corrected chi connectivity index (χ4v) is 4.00. The van der Waals surface area contributed by atoms with Crippen molar-refractivity contribution in [1.29, 1.82) is 0 Å². The van der Waals surface area contributed by atoms with Gasteiger partial charge in [0.2, 0.25) is 0 Å². The number of likely N-dealkylation sites (N-methyl/N-ethyl adjacent to an activating group) is 1. The van der Waals surface area contributed by atoms with Crippen LogP contribution < -0.4 is 5.73 Å². The molecule has 2 N–H and O–H groups in total. The predicted octanol–water partition coefficient (Wildman–Crippen LogP) is 1.03. The van der Waals surface area contributed by atoms with Crippen LogP contribution >= 0.6 is 11.3 Å². The fourth-order valence-electron chi connectivity index (χ4n) is 1.64. The van der Waals surface area contributed by atoms with Gasteiger partial charge >= 0.3 is 0 Å². The molecule has 0 aromatic carbocycles. The molecule has 0 fully saturated rings. The Labute approximate surface area is 125 Å². The van der Waals surface area contributed by atoms with E-state index in [2.05, 4.69) is 4.99 Å². The number of rotatable bonds is 7. The second kappa shape index (κ2) is 7.61. The molecule has 0 aliphatic heterocycles. The van der Waals surface area contributed by atoms with Gasteiger partial charge in [-0.1, -0.05) is 6.07 Å². The molecule has 114 valence electrons. The highest BCUT2D eigenvalue weighted by atomic mass is 32.2. The number of nitrogens with two attached hydrogens (primary N) is 1. The summed E-state index contributed by atoms with van der Waals surface area (Å²) in [5, 5.41) is 1.75. The molecule has 1 rings (SSSR count). The van der Waals surface area contributed by atoms with Crippen molar-refractivity contribution in [2.75, 3.05) is 33.2 Å². The van der Waals surface area contributed by atoms with Crippen molar-refractivity contribution in [2.24, 2.45) is 10.7 Å². The van der Waals surface area contributed by atoms with Gasteiger partial charge in [-0.2, -0.15) is 4.31 Å². The zero-order chi connectivity index (χ0) is 15.2. The van der Waals surface area contributed by atoms with Gasteiger partial charge < -0.3 is 10.6 Å². The molecule has 0 aliphatic rings. The molecule has 0 atom stereocenters. The Balaban J connectivity index is 2.60. The van der Waals surface area contributed by atoms with E-state index in [9.17, 15) is 8.42 Å². The van der Waals surface area contributed by atoms with E-state index in [-0.39, 0.29) is 0 Å². The van der Waals surface area contributed by atoms with Gasteiger partial charge in [0.25, 0.3) is 10.0 Å². The summed E-state index contributed by atoms with van der Waals surface area (Å²) in [5.74, 6) is 0.455. The maximum atomic E-state index is 12.2. The molecular weight excluding hydrogens is 296 g/mol. The summed E-state index contributed by atoms with van der Waals surface area (Å²) >= 11 is 1.21. The summed E-state index contributed by atoms with van der Waals surface area (Å²) in [7, 11) is -1.84. The highest BCUT2D eigenvalue weighted by Gasteiger charge is 2.21. The van der Waals surface area contributed by atoms with Gasteiger partial charge in [-0.25, -0.2) is 8.42 Å². The van der Waals surface area contributed by atoms with Crippen molar-refractivity contribution in [1.82, 2.24) is 9.21 Å². The third-order valence-electron chi connectivity index (χ3n) is 2.94. The van der Waals surface area contributed by atoms with Crippen molar-refractivity contribution in [3.8, 4) is 0 Å². The van der Waals surface area contributed by atoms with Crippen LogP contribution in [-0.4, -0.2) is 56.8 Å². The molecule has 0 amide bonds. The van der Waals surface area contributed by atoms with Gasteiger partial charge in [-0.15, -0.1) is 11.3 Å². The molecule has 0 saturated carbocycles. The summed E-state index contributed by atoms with van der Waals surface area (Å²) in [4.78, 5) is 6.14. The Morgan fingerprint density at radius 3 is 2.55 bits per heavy atom. The van der Waals surface area contributed by atoms with Crippen LogP contribution in [0.1, 0.15) is 13.8 Å². The van der Waals surface area contributed by atoms with Crippen molar-refractivity contribution in [3.63, 3.8) is 0 Å². The fraction of sp³-hybridized carbons (Fsp3) is 0.583. The number of aliphatic imine (C=N–C) groups is 1. The number of sulfonamides is 1. The molecule has 6 nitrogen and oxygen atoms in total. The van der Waals surface area contributed by atoms with E-state index in [1.165, 1.54) is 15.6 Å². The molecule has 0 radical (unpaired) electrons. The van der Waals surface area contributed by atoms with E-state index < -0.39 is 10.0 Å². The number of nitrogens with zero attached hydrogens (tertiary/aromatic N) is 3. The topological polar surface area (TPSA) is 79.0 Å². The number of hydrogen-bond acceptors (Lipinski definition) is 4. The van der Waals surface area contributed by atoms with Gasteiger partial charge in [0, 0.05) is 26.7 Å². The Kier molecular flexibility index (Phi) is 6.44. The summed E-state index contributed by atoms with van der Waals surface area (Å²) in [6.07, 6.45) is 0. The van der Waals surface area contributed by atoms with Crippen LogP contribution in [0, 0.1) is 0 Å². The lowest BCUT2D eigenvalue weighted by atomic mass is 10.5. The second-order valence-electron chi connectivity index (χ2n) is 4.17. The molecule has 0 aliphatic carbocycles. The standard InChI is InChI=1S/C12H22N4O2S2/c1-4-16(5-2)12(13)14-8-9-15(3)20(17,18)11-7-6-10-19-11/h6-7,10H,4-5,8-9H2,1-3H3,(H2,13,14). The summed E-state index contributed by atoms with van der Waals surface area (Å²) in [6, 6.07) is 3.33. The number of guanidine groups is 1. The van der Waals surface area contributed by atoms with E-state index in [1.54, 1.807) is 24.6 Å². The minimum Gasteiger partial charge on any atom is -0.370 e. The average molecular weight is 318 g/mol. The quantitative estimate of drug-likeness (QED) is 0.601. The van der Waals surface area contributed by atoms with Crippen LogP contribution in [0.5, 0.6) is 0 Å². The molecule has 1 aromatic heterocycles. The van der Waals surface area contributed by atoms with Gasteiger partial charge in [0.1, 0.15) is 4.21 Å². The molecule has 0 bridgehead atoms. The van der Waals surface area contributed by atoms with Crippen molar-refractivity contribution in [2.45, 2.75) is 18.1 Å². The van der Waals surface area contributed by atoms with Crippen LogP contribution in [0.4, 0.5) is 0 Å². The third kappa shape index (κ3) is 4.19. The van der Waals surface area contributed by atoms with Crippen molar-refractivity contribution in [3.05, 3.63) is 17.5 Å². The molecule has 20 heavy (non-hydrogen) atoms. The van der Waals surface area contributed by atoms with Crippen molar-refractivity contribution >= 4 is 27.3 Å². The van der Waals surface area contributed by atoms with E-state index in [0.29, 0.717) is 23.3 Å². The zero-order valence-electron chi connectivity index (χ0n) is 12.1. The first-order valence-corrected chi connectivity index (χ1v) is 8.80. The average Bonchev–Trinajstić information content (AvgIpc) is 2.94. The first-order valence-electron chi connectivity index (χ1n) is 6.48. The van der Waals surface area contributed by atoms with Gasteiger partial charge in [-0.3, -0.25) is 4.99 Å². The largest absolute Gasteiger partial charge is 0.370 e. The lowest BCUT2D eigenvalue weighted by molar-refractivity contribution is 0.452. The van der Waals surface area contributed by atoms with Crippen molar-refractivity contribution < 1.29 is 8.42 Å². The van der Waals surface area contributed by atoms with Crippen LogP contribution in [-0.2, 0) is 10.0 Å². The minimum absolute atomic E-state index is 0.308. The Bertz CT molecular complexity index is 522. The van der Waals surface area contributed by atoms with Crippen LogP contribution in [0.2, 0.25) is 0 Å². The Morgan fingerprint density at radius 2 is 2.05 bits per heavy atom. The van der Waals surface area contributed by atoms with Crippen LogP contribution in [0.3, 0.4) is 0 Å². The van der Waals surface area contributed by atoms with E-state index in [1.807, 2.05) is 18.7 Å². The number of hydrogen-bond donors (Lipinski definition) is 1. The van der Waals surface area contributed by atoms with E-state index in [4.69, 9.17) is 5.73 Å². The third-order valence-corrected chi connectivity index (χ3v) is 6.17. The lowest BCUT2D eigenvalue weighted by Crippen LogP contribution is -2.38. The summed E-state index contributed by atoms with van der Waals surface area (Å²) in [5.41, 5.74) is 5.84. The molecule has 1 aromatic rings. The molecule has 8 heteroatoms. The van der Waals surface area contributed by atoms with Gasteiger partial charge in [-0.05, 0) is 25.3 Å². The molecule has 0 unspecified atom stereocenters. The normalized spacial score (nSPS) is 12.9. The SMILES string of the molecule is CCN(CC)C(N)=NCCN(C)S(=O)(=O)c1cccs1. The van der Waals surface area contributed by atoms with Gasteiger partial charge in [0.05, 0.1) is 6.54 Å². The zero-order valence-corrected chi connectivity index (χ0v) is 13.7. The monoisotopic (exact) mass is 318 g/mol. The number of thiophene rings is 1. The first-order chi connectivity index (χ1) is 9.43. The predicted molar refractivity (Wildman–Crippen MR) is 83.5 cm³/mol. The van der Waals surface area contributed by atoms with Crippen LogP contribution in [0.25, 0.3) is 0 Å². The Hall–Kier alpha value is -1.12. The first kappa shape index (κ1) is 16.9. The summed E-state index contributed by atoms with van der Waals surface area (Å²) in [6.45, 7) is 6.23. The smallest absolute Gasteiger partial charge is 0.252 e. The second-order valence-corrected chi connectivity index (χ2v) is 7.39. The summed E-state index contributed by atoms with van der Waals surface area (Å²) < 4.78 is 26.0. The minimum atomic E-state index is -3.40. The van der Waals surface area contributed by atoms with Gasteiger partial charge in [0.15, 0.2) is 5.96 Å². The maximum absolute atomic E-state index is 12.2. The Morgan fingerprint density at radius 1 is 1.40 bits per heavy atom. The lowest BCUT2D eigenvalue weighted by Gasteiger charge is -2.20. The highest BCUT2D eigenvalue weighted by molar-refractivity contribution is 7.91.